The lowest BCUT2D eigenvalue weighted by Gasteiger charge is -2.19. The van der Waals surface area contributed by atoms with Crippen LogP contribution in [0.25, 0.3) is 0 Å². The van der Waals surface area contributed by atoms with Crippen molar-refractivity contribution in [3.8, 4) is 0 Å². The first kappa shape index (κ1) is 16.9. The Kier molecular flexibility index (Phi) is 6.10. The SMILES string of the molecule is CC(C)N=C(Cc1ccccc1)C(=O)N(C)Cc1ccccc1. The van der Waals surface area contributed by atoms with E-state index < -0.39 is 0 Å². The first-order chi connectivity index (χ1) is 11.1. The van der Waals surface area contributed by atoms with Gasteiger partial charge in [-0.25, -0.2) is 0 Å². The normalized spacial score (nSPS) is 11.6. The van der Waals surface area contributed by atoms with Crippen LogP contribution in [0, 0.1) is 0 Å². The van der Waals surface area contributed by atoms with E-state index in [2.05, 4.69) is 4.99 Å². The molecule has 3 nitrogen and oxygen atoms in total. The second kappa shape index (κ2) is 8.28. The number of carbonyl (C=O) groups excluding carboxylic acids is 1. The first-order valence-corrected chi connectivity index (χ1v) is 7.96. The van der Waals surface area contributed by atoms with E-state index in [4.69, 9.17) is 0 Å². The van der Waals surface area contributed by atoms with E-state index in [-0.39, 0.29) is 11.9 Å². The monoisotopic (exact) mass is 308 g/mol. The Morgan fingerprint density at radius 1 is 0.957 bits per heavy atom. The molecule has 0 saturated carbocycles. The number of amides is 1. The topological polar surface area (TPSA) is 32.7 Å². The number of benzene rings is 2. The fourth-order valence-electron chi connectivity index (χ4n) is 2.43. The van der Waals surface area contributed by atoms with Gasteiger partial charge in [0, 0.05) is 26.1 Å². The van der Waals surface area contributed by atoms with Gasteiger partial charge >= 0.3 is 0 Å². The van der Waals surface area contributed by atoms with Crippen LogP contribution >= 0.6 is 0 Å². The highest BCUT2D eigenvalue weighted by molar-refractivity contribution is 6.39. The first-order valence-electron chi connectivity index (χ1n) is 7.96. The van der Waals surface area contributed by atoms with Crippen molar-refractivity contribution in [1.82, 2.24) is 4.90 Å². The van der Waals surface area contributed by atoms with E-state index in [0.29, 0.717) is 18.7 Å². The Bertz CT molecular complexity index is 648. The van der Waals surface area contributed by atoms with Crippen LogP contribution in [0.5, 0.6) is 0 Å². The molecular weight excluding hydrogens is 284 g/mol. The van der Waals surface area contributed by atoms with Crippen LogP contribution in [0.1, 0.15) is 25.0 Å². The Labute approximate surface area is 138 Å². The van der Waals surface area contributed by atoms with Crippen molar-refractivity contribution < 1.29 is 4.79 Å². The van der Waals surface area contributed by atoms with Crippen molar-refractivity contribution in [2.24, 2.45) is 4.99 Å². The Morgan fingerprint density at radius 2 is 1.48 bits per heavy atom. The van der Waals surface area contributed by atoms with Gasteiger partial charge < -0.3 is 4.90 Å². The van der Waals surface area contributed by atoms with Gasteiger partial charge in [0.25, 0.3) is 5.91 Å². The second-order valence-electron chi connectivity index (χ2n) is 5.98. The molecule has 0 aliphatic rings. The summed E-state index contributed by atoms with van der Waals surface area (Å²) in [6.45, 7) is 4.58. The highest BCUT2D eigenvalue weighted by Gasteiger charge is 2.17. The van der Waals surface area contributed by atoms with Gasteiger partial charge in [0.15, 0.2) is 0 Å². The van der Waals surface area contributed by atoms with E-state index >= 15 is 0 Å². The van der Waals surface area contributed by atoms with Crippen LogP contribution in [0.15, 0.2) is 65.7 Å². The van der Waals surface area contributed by atoms with Gasteiger partial charge in [-0.3, -0.25) is 9.79 Å². The zero-order valence-corrected chi connectivity index (χ0v) is 14.1. The van der Waals surface area contributed by atoms with Gasteiger partial charge in [0.2, 0.25) is 0 Å². The molecule has 0 bridgehead atoms. The van der Waals surface area contributed by atoms with Gasteiger partial charge in [-0.05, 0) is 25.0 Å². The van der Waals surface area contributed by atoms with Crippen LogP contribution in [-0.2, 0) is 17.8 Å². The molecule has 2 aromatic carbocycles. The molecule has 0 aromatic heterocycles. The largest absolute Gasteiger partial charge is 0.336 e. The molecule has 1 amide bonds. The predicted octanol–water partition coefficient (Wildman–Crippen LogP) is 3.74. The highest BCUT2D eigenvalue weighted by atomic mass is 16.2. The molecule has 0 aliphatic carbocycles. The zero-order valence-electron chi connectivity index (χ0n) is 14.1. The number of hydrogen-bond donors (Lipinski definition) is 0. The Hall–Kier alpha value is -2.42. The number of nitrogens with zero attached hydrogens (tertiary/aromatic N) is 2. The molecule has 0 unspecified atom stereocenters. The Balaban J connectivity index is 2.13. The molecule has 0 saturated heterocycles. The summed E-state index contributed by atoms with van der Waals surface area (Å²) >= 11 is 0. The van der Waals surface area contributed by atoms with Crippen LogP contribution in [0.2, 0.25) is 0 Å². The molecule has 0 aliphatic heterocycles. The van der Waals surface area contributed by atoms with Gasteiger partial charge in [0.05, 0.1) is 0 Å². The average molecular weight is 308 g/mol. The lowest BCUT2D eigenvalue weighted by atomic mass is 10.1. The average Bonchev–Trinajstić information content (AvgIpc) is 2.55. The second-order valence-corrected chi connectivity index (χ2v) is 5.98. The molecule has 23 heavy (non-hydrogen) atoms. The summed E-state index contributed by atoms with van der Waals surface area (Å²) in [4.78, 5) is 19.1. The number of hydrogen-bond acceptors (Lipinski definition) is 2. The van der Waals surface area contributed by atoms with Crippen LogP contribution < -0.4 is 0 Å². The molecule has 120 valence electrons. The van der Waals surface area contributed by atoms with Crippen molar-refractivity contribution in [3.63, 3.8) is 0 Å². The van der Waals surface area contributed by atoms with Crippen molar-refractivity contribution in [2.45, 2.75) is 32.9 Å². The molecule has 3 heteroatoms. The maximum absolute atomic E-state index is 12.8. The highest BCUT2D eigenvalue weighted by Crippen LogP contribution is 2.08. The van der Waals surface area contributed by atoms with Gasteiger partial charge in [-0.15, -0.1) is 0 Å². The fraction of sp³-hybridized carbons (Fsp3) is 0.300. The van der Waals surface area contributed by atoms with Gasteiger partial charge in [0.1, 0.15) is 5.71 Å². The number of carbonyl (C=O) groups is 1. The summed E-state index contributed by atoms with van der Waals surface area (Å²) in [6.07, 6.45) is 0.566. The van der Waals surface area contributed by atoms with Gasteiger partial charge in [-0.2, -0.15) is 0 Å². The van der Waals surface area contributed by atoms with E-state index in [1.54, 1.807) is 4.90 Å². The number of aliphatic imine (C=N–C) groups is 1. The third-order valence-electron chi connectivity index (χ3n) is 3.48. The molecular formula is C20H24N2O. The maximum Gasteiger partial charge on any atom is 0.268 e. The van der Waals surface area contributed by atoms with Crippen LogP contribution in [0.4, 0.5) is 0 Å². The smallest absolute Gasteiger partial charge is 0.268 e. The summed E-state index contributed by atoms with van der Waals surface area (Å²) in [5, 5.41) is 0. The third-order valence-corrected chi connectivity index (χ3v) is 3.48. The predicted molar refractivity (Wildman–Crippen MR) is 95.6 cm³/mol. The summed E-state index contributed by atoms with van der Waals surface area (Å²) < 4.78 is 0. The van der Waals surface area contributed by atoms with Gasteiger partial charge in [-0.1, -0.05) is 60.7 Å². The fourth-order valence-corrected chi connectivity index (χ4v) is 2.43. The maximum atomic E-state index is 12.8. The van der Waals surface area contributed by atoms with Crippen molar-refractivity contribution in [1.29, 1.82) is 0 Å². The van der Waals surface area contributed by atoms with Crippen molar-refractivity contribution in [2.75, 3.05) is 7.05 Å². The standard InChI is InChI=1S/C20H24N2O/c1-16(2)21-19(14-17-10-6-4-7-11-17)20(23)22(3)15-18-12-8-5-9-13-18/h4-13,16H,14-15H2,1-3H3. The molecule has 2 aromatic rings. The van der Waals surface area contributed by atoms with E-state index in [1.807, 2.05) is 81.6 Å². The minimum absolute atomic E-state index is 0.00796. The summed E-state index contributed by atoms with van der Waals surface area (Å²) in [7, 11) is 1.83. The number of rotatable bonds is 6. The van der Waals surface area contributed by atoms with E-state index in [9.17, 15) is 4.79 Å². The summed E-state index contributed by atoms with van der Waals surface area (Å²) in [5.74, 6) is -0.00796. The Morgan fingerprint density at radius 3 is 2.00 bits per heavy atom. The molecule has 0 spiro atoms. The summed E-state index contributed by atoms with van der Waals surface area (Å²) in [6, 6.07) is 20.1. The molecule has 2 rings (SSSR count). The molecule has 0 radical (unpaired) electrons. The van der Waals surface area contributed by atoms with Crippen LogP contribution in [-0.4, -0.2) is 29.6 Å². The molecule has 0 fully saturated rings. The summed E-state index contributed by atoms with van der Waals surface area (Å²) in [5.41, 5.74) is 2.84. The zero-order chi connectivity index (χ0) is 16.7. The molecule has 0 N–H and O–H groups in total. The minimum Gasteiger partial charge on any atom is -0.336 e. The minimum atomic E-state index is -0.00796. The molecule has 0 heterocycles. The molecule has 0 atom stereocenters. The quantitative estimate of drug-likeness (QED) is 0.748. The van der Waals surface area contributed by atoms with E-state index in [0.717, 1.165) is 11.1 Å². The lowest BCUT2D eigenvalue weighted by molar-refractivity contribution is -0.123. The van der Waals surface area contributed by atoms with Crippen molar-refractivity contribution >= 4 is 11.6 Å². The third kappa shape index (κ3) is 5.37. The lowest BCUT2D eigenvalue weighted by Crippen LogP contribution is -2.34. The van der Waals surface area contributed by atoms with E-state index in [1.165, 1.54) is 0 Å². The van der Waals surface area contributed by atoms with Crippen molar-refractivity contribution in [3.05, 3.63) is 71.8 Å². The van der Waals surface area contributed by atoms with Crippen LogP contribution in [0.3, 0.4) is 0 Å².